The Balaban J connectivity index is 1.76. The number of imidazole rings is 2. The van der Waals surface area contributed by atoms with Crippen molar-refractivity contribution in [2.75, 3.05) is 13.1 Å². The molecule has 4 nitrogen and oxygen atoms in total. The molecule has 2 aromatic carbocycles. The van der Waals surface area contributed by atoms with Crippen molar-refractivity contribution in [3.05, 3.63) is 63.9 Å². The molecule has 2 aromatic heterocycles. The second kappa shape index (κ2) is 8.60. The van der Waals surface area contributed by atoms with Crippen molar-refractivity contribution in [1.29, 1.82) is 0 Å². The molecule has 0 atom stereocenters. The number of aromatic nitrogens is 3. The molecule has 1 aliphatic carbocycles. The molecule has 12 heteroatoms. The lowest BCUT2D eigenvalue weighted by Gasteiger charge is -2.24. The summed E-state index contributed by atoms with van der Waals surface area (Å²) in [6, 6.07) is 11.2. The topological polar surface area (TPSA) is 25.5 Å². The van der Waals surface area contributed by atoms with Gasteiger partial charge in [-0.25, -0.2) is 4.98 Å². The van der Waals surface area contributed by atoms with E-state index in [2.05, 4.69) is 4.98 Å². The summed E-state index contributed by atoms with van der Waals surface area (Å²) in [6.07, 6.45) is -7.91. The standard InChI is InChI=1S/C23H18Cl2F6N4/c24-14-7-8-16(15(25)9-14)34-17-3-1-2-4-18(17)35-19(20(23(29,30)31)32-21(34)35)11-33(10-13-5-6-13)12-22(26,27)28/h1-4,7-9,13H,5-6,10-12H2. The maximum Gasteiger partial charge on any atom is 0.435 e. The van der Waals surface area contributed by atoms with Gasteiger partial charge in [0.15, 0.2) is 5.69 Å². The number of para-hydroxylation sites is 2. The largest absolute Gasteiger partial charge is 0.435 e. The van der Waals surface area contributed by atoms with Crippen LogP contribution in [0.15, 0.2) is 42.5 Å². The molecular weight excluding hydrogens is 517 g/mol. The van der Waals surface area contributed by atoms with E-state index in [1.54, 1.807) is 36.4 Å². The number of halogens is 8. The van der Waals surface area contributed by atoms with E-state index in [1.165, 1.54) is 15.0 Å². The van der Waals surface area contributed by atoms with Crippen LogP contribution in [0.5, 0.6) is 0 Å². The molecule has 0 spiro atoms. The van der Waals surface area contributed by atoms with E-state index in [4.69, 9.17) is 23.2 Å². The zero-order valence-electron chi connectivity index (χ0n) is 18.0. The number of hydrogen-bond acceptors (Lipinski definition) is 2. The molecule has 1 saturated carbocycles. The van der Waals surface area contributed by atoms with E-state index in [-0.39, 0.29) is 29.0 Å². The molecule has 4 aromatic rings. The normalized spacial score (nSPS) is 15.1. The van der Waals surface area contributed by atoms with E-state index < -0.39 is 31.1 Å². The van der Waals surface area contributed by atoms with E-state index >= 15 is 0 Å². The Morgan fingerprint density at radius 2 is 1.66 bits per heavy atom. The van der Waals surface area contributed by atoms with E-state index in [0.717, 1.165) is 17.7 Å². The SMILES string of the molecule is FC(F)(F)CN(Cc1c(C(F)(F)F)nc2n(-c3ccc(Cl)cc3Cl)c3ccccc3n12)CC1CC1. The smallest absolute Gasteiger partial charge is 0.289 e. The first kappa shape index (κ1) is 24.3. The van der Waals surface area contributed by atoms with Crippen molar-refractivity contribution < 1.29 is 26.3 Å². The molecule has 0 N–H and O–H groups in total. The first-order valence-electron chi connectivity index (χ1n) is 10.7. The van der Waals surface area contributed by atoms with Gasteiger partial charge >= 0.3 is 12.4 Å². The van der Waals surface area contributed by atoms with Gasteiger partial charge in [0, 0.05) is 18.1 Å². The number of hydrogen-bond donors (Lipinski definition) is 0. The summed E-state index contributed by atoms with van der Waals surface area (Å²) in [5, 5.41) is 0.528. The lowest BCUT2D eigenvalue weighted by Crippen LogP contribution is -2.36. The second-order valence-electron chi connectivity index (χ2n) is 8.69. The lowest BCUT2D eigenvalue weighted by atomic mass is 10.2. The highest BCUT2D eigenvalue weighted by molar-refractivity contribution is 6.35. The zero-order chi connectivity index (χ0) is 25.1. The summed E-state index contributed by atoms with van der Waals surface area (Å²) in [5.74, 6) is -0.0551. The maximum absolute atomic E-state index is 14.1. The van der Waals surface area contributed by atoms with Crippen LogP contribution in [0.1, 0.15) is 24.2 Å². The van der Waals surface area contributed by atoms with Crippen LogP contribution in [0.2, 0.25) is 10.0 Å². The first-order valence-corrected chi connectivity index (χ1v) is 11.5. The number of alkyl halides is 6. The van der Waals surface area contributed by atoms with Crippen LogP contribution >= 0.6 is 23.2 Å². The Morgan fingerprint density at radius 1 is 0.971 bits per heavy atom. The van der Waals surface area contributed by atoms with Crippen LogP contribution in [-0.4, -0.2) is 38.1 Å². The minimum atomic E-state index is -4.87. The molecule has 0 saturated heterocycles. The predicted molar refractivity (Wildman–Crippen MR) is 121 cm³/mol. The molecule has 0 radical (unpaired) electrons. The summed E-state index contributed by atoms with van der Waals surface area (Å²) in [5.41, 5.74) is -0.362. The Morgan fingerprint density at radius 3 is 2.26 bits per heavy atom. The van der Waals surface area contributed by atoms with Crippen molar-refractivity contribution in [2.24, 2.45) is 5.92 Å². The van der Waals surface area contributed by atoms with Crippen molar-refractivity contribution in [3.8, 4) is 5.69 Å². The Kier molecular flexibility index (Phi) is 5.96. The van der Waals surface area contributed by atoms with E-state index in [9.17, 15) is 26.3 Å². The van der Waals surface area contributed by atoms with Crippen LogP contribution in [-0.2, 0) is 12.7 Å². The monoisotopic (exact) mass is 534 g/mol. The van der Waals surface area contributed by atoms with Gasteiger partial charge in [-0.1, -0.05) is 35.3 Å². The Hall–Kier alpha value is -2.43. The fourth-order valence-corrected chi connectivity index (χ4v) is 4.88. The first-order chi connectivity index (χ1) is 16.4. The summed E-state index contributed by atoms with van der Waals surface area (Å²) >= 11 is 12.4. The average molecular weight is 535 g/mol. The molecular formula is C23H18Cl2F6N4. The second-order valence-corrected chi connectivity index (χ2v) is 9.53. The lowest BCUT2D eigenvalue weighted by molar-refractivity contribution is -0.149. The van der Waals surface area contributed by atoms with Crippen LogP contribution in [0.3, 0.4) is 0 Å². The maximum atomic E-state index is 14.1. The van der Waals surface area contributed by atoms with Crippen molar-refractivity contribution in [2.45, 2.75) is 31.7 Å². The van der Waals surface area contributed by atoms with Gasteiger partial charge in [0.2, 0.25) is 5.78 Å². The molecule has 35 heavy (non-hydrogen) atoms. The highest BCUT2D eigenvalue weighted by atomic mass is 35.5. The van der Waals surface area contributed by atoms with Crippen molar-refractivity contribution >= 4 is 40.0 Å². The van der Waals surface area contributed by atoms with Gasteiger partial charge < -0.3 is 0 Å². The Bertz CT molecular complexity index is 1400. The minimum Gasteiger partial charge on any atom is -0.289 e. The van der Waals surface area contributed by atoms with Crippen LogP contribution in [0, 0.1) is 5.92 Å². The third kappa shape index (κ3) is 4.83. The van der Waals surface area contributed by atoms with Gasteiger partial charge in [-0.05, 0) is 49.1 Å². The molecule has 0 aliphatic heterocycles. The highest BCUT2D eigenvalue weighted by Gasteiger charge is 2.41. The summed E-state index contributed by atoms with van der Waals surface area (Å²) in [7, 11) is 0. The van der Waals surface area contributed by atoms with Gasteiger partial charge in [0.05, 0.1) is 34.0 Å². The minimum absolute atomic E-state index is 0.0457. The fraction of sp³-hybridized carbons (Fsp3) is 0.348. The molecule has 2 heterocycles. The molecule has 1 aliphatic rings. The molecule has 1 fully saturated rings. The number of fused-ring (bicyclic) bond motifs is 3. The van der Waals surface area contributed by atoms with Gasteiger partial charge in [0.25, 0.3) is 0 Å². The number of nitrogens with zero attached hydrogens (tertiary/aromatic N) is 4. The van der Waals surface area contributed by atoms with Crippen LogP contribution in [0.25, 0.3) is 22.5 Å². The third-order valence-corrected chi connectivity index (χ3v) is 6.47. The highest BCUT2D eigenvalue weighted by Crippen LogP contribution is 2.38. The number of rotatable bonds is 6. The van der Waals surface area contributed by atoms with Crippen molar-refractivity contribution in [3.63, 3.8) is 0 Å². The fourth-order valence-electron chi connectivity index (χ4n) is 4.38. The summed E-state index contributed by atoms with van der Waals surface area (Å²) in [6.45, 7) is -1.81. The van der Waals surface area contributed by atoms with Gasteiger partial charge in [-0.2, -0.15) is 26.3 Å². The summed E-state index contributed by atoms with van der Waals surface area (Å²) < 4.78 is 85.0. The summed E-state index contributed by atoms with van der Waals surface area (Å²) in [4.78, 5) is 4.93. The molecule has 5 rings (SSSR count). The zero-order valence-corrected chi connectivity index (χ0v) is 19.5. The number of benzene rings is 2. The van der Waals surface area contributed by atoms with E-state index in [0.29, 0.717) is 21.7 Å². The molecule has 0 bridgehead atoms. The van der Waals surface area contributed by atoms with Crippen LogP contribution in [0.4, 0.5) is 26.3 Å². The quantitative estimate of drug-likeness (QED) is 0.241. The van der Waals surface area contributed by atoms with Crippen LogP contribution < -0.4 is 0 Å². The molecule has 0 amide bonds. The van der Waals surface area contributed by atoms with Gasteiger partial charge in [-0.15, -0.1) is 0 Å². The predicted octanol–water partition coefficient (Wildman–Crippen LogP) is 7.38. The third-order valence-electron chi connectivity index (χ3n) is 5.93. The van der Waals surface area contributed by atoms with E-state index in [1.807, 2.05) is 0 Å². The molecule has 186 valence electrons. The average Bonchev–Trinajstić information content (AvgIpc) is 3.38. The van der Waals surface area contributed by atoms with Crippen molar-refractivity contribution in [1.82, 2.24) is 18.9 Å². The Labute approximate surface area is 205 Å². The molecule has 0 unspecified atom stereocenters. The van der Waals surface area contributed by atoms with Gasteiger partial charge in [-0.3, -0.25) is 13.9 Å². The van der Waals surface area contributed by atoms with Gasteiger partial charge in [0.1, 0.15) is 0 Å².